The van der Waals surface area contributed by atoms with Gasteiger partial charge in [-0.3, -0.25) is 9.59 Å². The highest BCUT2D eigenvalue weighted by molar-refractivity contribution is 6.32. The number of methoxy groups -OCH3 is 1. The molecule has 7 nitrogen and oxygen atoms in total. The van der Waals surface area contributed by atoms with Crippen molar-refractivity contribution in [2.24, 2.45) is 0 Å². The van der Waals surface area contributed by atoms with Crippen molar-refractivity contribution in [3.05, 3.63) is 41.0 Å². The molecule has 0 radical (unpaired) electrons. The van der Waals surface area contributed by atoms with Crippen LogP contribution in [0.3, 0.4) is 0 Å². The molecule has 1 aromatic heterocycles. The highest BCUT2D eigenvalue weighted by Crippen LogP contribution is 2.29. The summed E-state index contributed by atoms with van der Waals surface area (Å²) in [7, 11) is 1.45. The largest absolute Gasteiger partial charge is 0.375 e. The van der Waals surface area contributed by atoms with Crippen molar-refractivity contribution in [1.82, 2.24) is 14.7 Å². The first kappa shape index (κ1) is 21.9. The maximum absolute atomic E-state index is 12.6. The topological polar surface area (TPSA) is 76.5 Å². The van der Waals surface area contributed by atoms with Gasteiger partial charge in [0.2, 0.25) is 11.8 Å². The Labute approximate surface area is 170 Å². The van der Waals surface area contributed by atoms with Crippen LogP contribution < -0.4 is 5.32 Å². The number of benzene rings is 1. The Kier molecular flexibility index (Phi) is 7.21. The summed E-state index contributed by atoms with van der Waals surface area (Å²) in [6, 6.07) is 9.11. The molecule has 28 heavy (non-hydrogen) atoms. The van der Waals surface area contributed by atoms with Crippen molar-refractivity contribution in [3.63, 3.8) is 0 Å². The molecule has 0 saturated heterocycles. The highest BCUT2D eigenvalue weighted by Gasteiger charge is 2.23. The summed E-state index contributed by atoms with van der Waals surface area (Å²) < 4.78 is 6.48. The van der Waals surface area contributed by atoms with Crippen LogP contribution in [0.1, 0.15) is 33.4 Å². The normalized spacial score (nSPS) is 11.4. The van der Waals surface area contributed by atoms with Crippen molar-refractivity contribution >= 4 is 29.2 Å². The van der Waals surface area contributed by atoms with Crippen LogP contribution in [0.25, 0.3) is 5.69 Å². The van der Waals surface area contributed by atoms with Crippen molar-refractivity contribution < 1.29 is 14.3 Å². The minimum Gasteiger partial charge on any atom is -0.375 e. The fourth-order valence-corrected chi connectivity index (χ4v) is 2.81. The summed E-state index contributed by atoms with van der Waals surface area (Å²) in [5, 5.41) is 8.03. The van der Waals surface area contributed by atoms with Crippen LogP contribution in [0.5, 0.6) is 0 Å². The second-order valence-electron chi connectivity index (χ2n) is 7.42. The lowest BCUT2D eigenvalue weighted by atomic mass is 9.92. The zero-order chi connectivity index (χ0) is 20.9. The number of hydrogen-bond donors (Lipinski definition) is 1. The molecule has 1 heterocycles. The molecule has 0 fully saturated rings. The van der Waals surface area contributed by atoms with Gasteiger partial charge in [0, 0.05) is 25.1 Å². The molecule has 0 aliphatic rings. The number of nitrogens with zero attached hydrogens (tertiary/aromatic N) is 3. The van der Waals surface area contributed by atoms with Crippen LogP contribution in [-0.4, -0.2) is 53.3 Å². The Bertz CT molecular complexity index is 842. The van der Waals surface area contributed by atoms with Gasteiger partial charge in [0.15, 0.2) is 0 Å². The molecule has 8 heteroatoms. The maximum atomic E-state index is 12.6. The molecule has 0 atom stereocenters. The number of rotatable bonds is 7. The number of nitrogens with one attached hydrogen (secondary N) is 1. The Hall–Kier alpha value is -2.38. The molecule has 152 valence electrons. The summed E-state index contributed by atoms with van der Waals surface area (Å²) >= 11 is 6.33. The van der Waals surface area contributed by atoms with Gasteiger partial charge in [0.05, 0.1) is 22.9 Å². The molecule has 2 rings (SSSR count). The molecular weight excluding hydrogens is 380 g/mol. The third-order valence-corrected chi connectivity index (χ3v) is 4.48. The van der Waals surface area contributed by atoms with Gasteiger partial charge in [0.1, 0.15) is 12.4 Å². The van der Waals surface area contributed by atoms with E-state index in [-0.39, 0.29) is 30.4 Å². The second-order valence-corrected chi connectivity index (χ2v) is 7.82. The van der Waals surface area contributed by atoms with Crippen LogP contribution >= 0.6 is 11.6 Å². The first-order valence-electron chi connectivity index (χ1n) is 9.09. The minimum atomic E-state index is -0.319. The van der Waals surface area contributed by atoms with Crippen LogP contribution in [0.4, 0.5) is 5.82 Å². The summed E-state index contributed by atoms with van der Waals surface area (Å²) in [5.74, 6) is -0.0617. The number of amides is 2. The summed E-state index contributed by atoms with van der Waals surface area (Å²) in [6.07, 6.45) is 0. The molecule has 1 aromatic carbocycles. The van der Waals surface area contributed by atoms with Gasteiger partial charge in [-0.25, -0.2) is 4.68 Å². The lowest BCUT2D eigenvalue weighted by molar-refractivity contribution is -0.137. The van der Waals surface area contributed by atoms with E-state index < -0.39 is 0 Å². The van der Waals surface area contributed by atoms with E-state index in [4.69, 9.17) is 16.3 Å². The summed E-state index contributed by atoms with van der Waals surface area (Å²) in [5.41, 5.74) is 1.26. The third-order valence-electron chi connectivity index (χ3n) is 4.16. The molecule has 0 unspecified atom stereocenters. The average Bonchev–Trinajstić information content (AvgIpc) is 3.04. The number of ether oxygens (including phenoxy) is 1. The van der Waals surface area contributed by atoms with E-state index in [9.17, 15) is 9.59 Å². The summed E-state index contributed by atoms with van der Waals surface area (Å²) in [6.45, 7) is 8.21. The van der Waals surface area contributed by atoms with E-state index in [0.717, 1.165) is 5.69 Å². The van der Waals surface area contributed by atoms with Gasteiger partial charge in [0.25, 0.3) is 0 Å². The molecule has 0 spiro atoms. The van der Waals surface area contributed by atoms with E-state index >= 15 is 0 Å². The van der Waals surface area contributed by atoms with Crippen LogP contribution in [0.2, 0.25) is 5.02 Å². The van der Waals surface area contributed by atoms with Gasteiger partial charge in [-0.05, 0) is 19.1 Å². The molecule has 2 amide bonds. The van der Waals surface area contributed by atoms with Crippen LogP contribution in [0, 0.1) is 0 Å². The van der Waals surface area contributed by atoms with E-state index in [1.807, 2.05) is 52.0 Å². The summed E-state index contributed by atoms with van der Waals surface area (Å²) in [4.78, 5) is 26.0. The SMILES string of the molecule is CCN(CC(=O)Nc1cc(C(C)(C)C)nn1-c1ccccc1Cl)C(=O)COC. The van der Waals surface area contributed by atoms with Crippen LogP contribution in [-0.2, 0) is 19.7 Å². The number of aromatic nitrogens is 2. The van der Waals surface area contributed by atoms with E-state index in [1.54, 1.807) is 10.7 Å². The first-order valence-corrected chi connectivity index (χ1v) is 9.47. The fourth-order valence-electron chi connectivity index (χ4n) is 2.59. The quantitative estimate of drug-likeness (QED) is 0.765. The Morgan fingerprint density at radius 1 is 1.29 bits per heavy atom. The van der Waals surface area contributed by atoms with Gasteiger partial charge in [-0.1, -0.05) is 44.5 Å². The lowest BCUT2D eigenvalue weighted by Gasteiger charge is -2.20. The Balaban J connectivity index is 2.31. The second kappa shape index (κ2) is 9.21. The van der Waals surface area contributed by atoms with Gasteiger partial charge in [-0.15, -0.1) is 0 Å². The molecule has 2 aromatic rings. The standard InChI is InChI=1S/C20H27ClN4O3/c1-6-24(19(27)13-28-5)12-18(26)22-17-11-16(20(2,3)4)23-25(17)15-10-8-7-9-14(15)21/h7-11H,6,12-13H2,1-5H3,(H,22,26). The van der Waals surface area contributed by atoms with Crippen molar-refractivity contribution in [3.8, 4) is 5.69 Å². The van der Waals surface area contributed by atoms with Crippen molar-refractivity contribution in [1.29, 1.82) is 0 Å². The van der Waals surface area contributed by atoms with Gasteiger partial charge >= 0.3 is 0 Å². The van der Waals surface area contributed by atoms with Gasteiger partial charge < -0.3 is 15.0 Å². The zero-order valence-electron chi connectivity index (χ0n) is 17.0. The van der Waals surface area contributed by atoms with E-state index in [0.29, 0.717) is 23.1 Å². The minimum absolute atomic E-state index is 0.0627. The zero-order valence-corrected chi connectivity index (χ0v) is 17.7. The smallest absolute Gasteiger partial charge is 0.249 e. The molecule has 0 aliphatic heterocycles. The number of anilines is 1. The third kappa shape index (κ3) is 5.33. The Morgan fingerprint density at radius 2 is 1.96 bits per heavy atom. The first-order chi connectivity index (χ1) is 13.2. The predicted molar refractivity (Wildman–Crippen MR) is 110 cm³/mol. The number of likely N-dealkylation sites (N-methyl/N-ethyl adjacent to an activating group) is 1. The molecule has 0 aliphatic carbocycles. The number of carbonyl (C=O) groups is 2. The van der Waals surface area contributed by atoms with Crippen molar-refractivity contribution in [2.75, 3.05) is 32.1 Å². The average molecular weight is 407 g/mol. The Morgan fingerprint density at radius 3 is 2.54 bits per heavy atom. The van der Waals surface area contributed by atoms with Crippen LogP contribution in [0.15, 0.2) is 30.3 Å². The van der Waals surface area contributed by atoms with E-state index in [1.165, 1.54) is 12.0 Å². The van der Waals surface area contributed by atoms with E-state index in [2.05, 4.69) is 10.4 Å². The van der Waals surface area contributed by atoms with Crippen molar-refractivity contribution in [2.45, 2.75) is 33.1 Å². The molecule has 0 bridgehead atoms. The molecule has 1 N–H and O–H groups in total. The monoisotopic (exact) mass is 406 g/mol. The fraction of sp³-hybridized carbons (Fsp3) is 0.450. The lowest BCUT2D eigenvalue weighted by Crippen LogP contribution is -2.39. The number of halogens is 1. The molecular formula is C20H27ClN4O3. The molecule has 0 saturated carbocycles. The maximum Gasteiger partial charge on any atom is 0.249 e. The predicted octanol–water partition coefficient (Wildman–Crippen LogP) is 3.26. The van der Waals surface area contributed by atoms with Gasteiger partial charge in [-0.2, -0.15) is 5.10 Å². The highest BCUT2D eigenvalue weighted by atomic mass is 35.5. The number of hydrogen-bond acceptors (Lipinski definition) is 4. The number of para-hydroxylation sites is 1. The number of carbonyl (C=O) groups excluding carboxylic acids is 2.